The molecule has 5 heteroatoms. The van der Waals surface area contributed by atoms with Crippen LogP contribution in [0.1, 0.15) is 32.6 Å². The topological polar surface area (TPSA) is 55.6 Å². The molecule has 0 N–H and O–H groups in total. The van der Waals surface area contributed by atoms with E-state index in [1.807, 2.05) is 54.6 Å². The van der Waals surface area contributed by atoms with Crippen LogP contribution in [0.25, 0.3) is 11.1 Å². The summed E-state index contributed by atoms with van der Waals surface area (Å²) in [7, 11) is 0. The van der Waals surface area contributed by atoms with Crippen LogP contribution in [-0.4, -0.2) is 37.1 Å². The van der Waals surface area contributed by atoms with Crippen molar-refractivity contribution < 1.29 is 13.9 Å². The molecule has 1 unspecified atom stereocenters. The summed E-state index contributed by atoms with van der Waals surface area (Å²) in [4.78, 5) is 17.5. The van der Waals surface area contributed by atoms with Crippen LogP contribution in [0.4, 0.5) is 6.01 Å². The summed E-state index contributed by atoms with van der Waals surface area (Å²) in [5.74, 6) is 0. The maximum atomic E-state index is 10.6. The highest BCUT2D eigenvalue weighted by atomic mass is 16.5. The van der Waals surface area contributed by atoms with Gasteiger partial charge in [0.25, 0.3) is 6.01 Å². The van der Waals surface area contributed by atoms with Gasteiger partial charge in [-0.1, -0.05) is 55.9 Å². The van der Waals surface area contributed by atoms with Gasteiger partial charge in [-0.2, -0.15) is 4.98 Å². The largest absolute Gasteiger partial charge is 0.423 e. The lowest BCUT2D eigenvalue weighted by atomic mass is 10.2. The van der Waals surface area contributed by atoms with E-state index in [-0.39, 0.29) is 6.10 Å². The van der Waals surface area contributed by atoms with Crippen molar-refractivity contribution in [1.82, 2.24) is 4.98 Å². The van der Waals surface area contributed by atoms with Gasteiger partial charge >= 0.3 is 0 Å². The van der Waals surface area contributed by atoms with Crippen molar-refractivity contribution in [3.63, 3.8) is 0 Å². The van der Waals surface area contributed by atoms with Gasteiger partial charge in [0.1, 0.15) is 11.8 Å². The predicted octanol–water partition coefficient (Wildman–Crippen LogP) is 4.85. The molecule has 0 radical (unpaired) electrons. The minimum atomic E-state index is -0.0613. The molecule has 0 saturated heterocycles. The zero-order valence-electron chi connectivity index (χ0n) is 16.4. The number of rotatable bonds is 11. The van der Waals surface area contributed by atoms with E-state index in [2.05, 4.69) is 16.8 Å². The van der Waals surface area contributed by atoms with Crippen molar-refractivity contribution in [2.75, 3.05) is 24.6 Å². The number of aldehydes is 1. The van der Waals surface area contributed by atoms with Gasteiger partial charge in [0.2, 0.25) is 0 Å². The number of anilines is 1. The van der Waals surface area contributed by atoms with Gasteiger partial charge < -0.3 is 18.8 Å². The van der Waals surface area contributed by atoms with Crippen molar-refractivity contribution in [3.8, 4) is 0 Å². The molecule has 0 saturated carbocycles. The standard InChI is InChI=1S/C23H28N2O3/c1-2-3-15-25(23-24-21-10-4-5-11-22(21)28-23)16-7-18-27-20-9-6-8-19(12-13-20)14-17-26/h4-6,8-13,17,20H,2-3,7,14-16,18H2,1H3. The number of unbranched alkanes of at least 4 members (excludes halogenated alkanes) is 1. The van der Waals surface area contributed by atoms with E-state index in [4.69, 9.17) is 9.15 Å². The van der Waals surface area contributed by atoms with Crippen LogP contribution >= 0.6 is 0 Å². The zero-order chi connectivity index (χ0) is 19.6. The zero-order valence-corrected chi connectivity index (χ0v) is 16.4. The number of fused-ring (bicyclic) bond motifs is 1. The molecule has 1 aromatic carbocycles. The number of aromatic nitrogens is 1. The monoisotopic (exact) mass is 380 g/mol. The first-order valence-corrected chi connectivity index (χ1v) is 10.0. The number of carbonyl (C=O) groups is 1. The number of ether oxygens (including phenoxy) is 1. The van der Waals surface area contributed by atoms with Gasteiger partial charge in [0.05, 0.1) is 6.10 Å². The predicted molar refractivity (Wildman–Crippen MR) is 113 cm³/mol. The van der Waals surface area contributed by atoms with Gasteiger partial charge in [-0.05, 0) is 30.5 Å². The van der Waals surface area contributed by atoms with Crippen LogP contribution in [0, 0.1) is 0 Å². The van der Waals surface area contributed by atoms with Gasteiger partial charge in [-0.15, -0.1) is 0 Å². The van der Waals surface area contributed by atoms with Crippen molar-refractivity contribution in [1.29, 1.82) is 0 Å². The summed E-state index contributed by atoms with van der Waals surface area (Å²) < 4.78 is 11.9. The highest BCUT2D eigenvalue weighted by molar-refractivity contribution is 5.74. The third-order valence-corrected chi connectivity index (χ3v) is 4.65. The van der Waals surface area contributed by atoms with Crippen LogP contribution in [-0.2, 0) is 9.53 Å². The van der Waals surface area contributed by atoms with E-state index in [0.717, 1.165) is 55.3 Å². The average molecular weight is 380 g/mol. The maximum absolute atomic E-state index is 10.6. The van der Waals surface area contributed by atoms with Crippen LogP contribution in [0.5, 0.6) is 0 Å². The number of benzene rings is 1. The Labute approximate surface area is 166 Å². The van der Waals surface area contributed by atoms with Gasteiger partial charge in [0, 0.05) is 26.1 Å². The van der Waals surface area contributed by atoms with E-state index in [0.29, 0.717) is 19.0 Å². The van der Waals surface area contributed by atoms with Crippen molar-refractivity contribution in [2.45, 2.75) is 38.7 Å². The summed E-state index contributed by atoms with van der Waals surface area (Å²) in [6, 6.07) is 8.55. The Morgan fingerprint density at radius 1 is 1.21 bits per heavy atom. The molecule has 1 aliphatic rings. The fourth-order valence-electron chi connectivity index (χ4n) is 3.09. The van der Waals surface area contributed by atoms with Crippen LogP contribution in [0.2, 0.25) is 0 Å². The summed E-state index contributed by atoms with van der Waals surface area (Å²) in [5.41, 5.74) is 2.71. The molecule has 3 rings (SSSR count). The van der Waals surface area contributed by atoms with Gasteiger partial charge in [-0.3, -0.25) is 0 Å². The Hall–Kier alpha value is -2.66. The second-order valence-electron chi connectivity index (χ2n) is 6.85. The first kappa shape index (κ1) is 20.1. The van der Waals surface area contributed by atoms with Crippen molar-refractivity contribution in [2.24, 2.45) is 0 Å². The molecule has 0 amide bonds. The molecule has 2 aromatic rings. The smallest absolute Gasteiger partial charge is 0.298 e. The number of nitrogens with zero attached hydrogens (tertiary/aromatic N) is 2. The minimum absolute atomic E-state index is 0.0613. The molecular weight excluding hydrogens is 352 g/mol. The SMILES string of the molecule is CCCCN(CCCOC1C=CC=C(CC=O)C=C1)c1nc2ccccc2o1. The normalized spacial score (nSPS) is 16.2. The second-order valence-corrected chi connectivity index (χ2v) is 6.85. The van der Waals surface area contributed by atoms with E-state index >= 15 is 0 Å². The molecule has 28 heavy (non-hydrogen) atoms. The number of allylic oxidation sites excluding steroid dienone is 4. The fourth-order valence-corrected chi connectivity index (χ4v) is 3.09. The van der Waals surface area contributed by atoms with Crippen LogP contribution < -0.4 is 4.90 Å². The quantitative estimate of drug-likeness (QED) is 0.412. The number of hydrogen-bond donors (Lipinski definition) is 0. The third kappa shape index (κ3) is 5.67. The molecule has 148 valence electrons. The number of para-hydroxylation sites is 2. The lowest BCUT2D eigenvalue weighted by Gasteiger charge is -2.20. The maximum Gasteiger partial charge on any atom is 0.298 e. The highest BCUT2D eigenvalue weighted by Crippen LogP contribution is 2.22. The third-order valence-electron chi connectivity index (χ3n) is 4.65. The van der Waals surface area contributed by atoms with Crippen LogP contribution in [0.15, 0.2) is 64.6 Å². The molecule has 0 fully saturated rings. The number of oxazole rings is 1. The molecular formula is C23H28N2O3. The summed E-state index contributed by atoms with van der Waals surface area (Å²) in [5, 5.41) is 0. The molecule has 1 aromatic heterocycles. The Morgan fingerprint density at radius 2 is 2.07 bits per heavy atom. The fraction of sp³-hybridized carbons (Fsp3) is 0.391. The molecule has 0 aliphatic heterocycles. The molecule has 0 bridgehead atoms. The number of carbonyl (C=O) groups excluding carboxylic acids is 1. The van der Waals surface area contributed by atoms with Crippen molar-refractivity contribution in [3.05, 3.63) is 60.2 Å². The lowest BCUT2D eigenvalue weighted by Crippen LogP contribution is -2.27. The molecule has 0 spiro atoms. The highest BCUT2D eigenvalue weighted by Gasteiger charge is 2.14. The summed E-state index contributed by atoms with van der Waals surface area (Å²) >= 11 is 0. The van der Waals surface area contributed by atoms with E-state index in [1.165, 1.54) is 0 Å². The molecule has 5 nitrogen and oxygen atoms in total. The lowest BCUT2D eigenvalue weighted by molar-refractivity contribution is -0.107. The second kappa shape index (κ2) is 10.6. The van der Waals surface area contributed by atoms with Gasteiger partial charge in [0.15, 0.2) is 5.58 Å². The Balaban J connectivity index is 1.52. The molecule has 1 atom stereocenters. The van der Waals surface area contributed by atoms with E-state index in [9.17, 15) is 4.79 Å². The Morgan fingerprint density at radius 3 is 2.89 bits per heavy atom. The first-order chi connectivity index (χ1) is 13.8. The average Bonchev–Trinajstić information content (AvgIpc) is 3.02. The molecule has 1 heterocycles. The minimum Gasteiger partial charge on any atom is -0.423 e. The van der Waals surface area contributed by atoms with Gasteiger partial charge in [-0.25, -0.2) is 0 Å². The Kier molecular flexibility index (Phi) is 7.62. The number of hydrogen-bond acceptors (Lipinski definition) is 5. The Bertz CT molecular complexity index is 817. The van der Waals surface area contributed by atoms with E-state index in [1.54, 1.807) is 0 Å². The van der Waals surface area contributed by atoms with Crippen molar-refractivity contribution >= 4 is 23.4 Å². The van der Waals surface area contributed by atoms with E-state index < -0.39 is 0 Å². The first-order valence-electron chi connectivity index (χ1n) is 10.0. The summed E-state index contributed by atoms with van der Waals surface area (Å²) in [6.07, 6.45) is 14.3. The molecule has 1 aliphatic carbocycles. The van der Waals surface area contributed by atoms with Crippen LogP contribution in [0.3, 0.4) is 0 Å². The summed E-state index contributed by atoms with van der Waals surface area (Å²) in [6.45, 7) is 4.59.